The average Bonchev–Trinajstić information content (AvgIpc) is 2.58. The molecule has 5 heteroatoms. The minimum absolute atomic E-state index is 0.250. The first-order valence-corrected chi connectivity index (χ1v) is 6.97. The topological polar surface area (TPSA) is 62.8 Å². The molecular weight excluding hydrogens is 224 g/mol. The summed E-state index contributed by atoms with van der Waals surface area (Å²) in [5, 5.41) is 0. The summed E-state index contributed by atoms with van der Waals surface area (Å²) >= 11 is 0. The second-order valence-corrected chi connectivity index (χ2v) is 6.19. The highest BCUT2D eigenvalue weighted by atomic mass is 32.2. The Morgan fingerprint density at radius 3 is 2.56 bits per heavy atom. The molecule has 1 heterocycles. The van der Waals surface area contributed by atoms with Crippen molar-refractivity contribution >= 4 is 20.9 Å². The van der Waals surface area contributed by atoms with Gasteiger partial charge in [0.15, 0.2) is 9.84 Å². The molecule has 0 radical (unpaired) electrons. The van der Waals surface area contributed by atoms with E-state index in [9.17, 15) is 8.42 Å². The number of sulfone groups is 1. The number of fused-ring (bicyclic) bond motifs is 1. The van der Waals surface area contributed by atoms with Crippen molar-refractivity contribution in [2.75, 3.05) is 6.26 Å². The molecule has 2 aromatic rings. The van der Waals surface area contributed by atoms with Crippen molar-refractivity contribution in [3.63, 3.8) is 0 Å². The number of benzene rings is 1. The molecule has 0 aliphatic heterocycles. The van der Waals surface area contributed by atoms with Crippen LogP contribution in [0.2, 0.25) is 0 Å². The van der Waals surface area contributed by atoms with E-state index in [-0.39, 0.29) is 10.8 Å². The lowest BCUT2D eigenvalue weighted by atomic mass is 10.2. The fourth-order valence-electron chi connectivity index (χ4n) is 1.60. The highest BCUT2D eigenvalue weighted by molar-refractivity contribution is 7.91. The maximum Gasteiger partial charge on any atom is 0.177 e. The third-order valence-corrected chi connectivity index (χ3v) is 3.57. The van der Waals surface area contributed by atoms with Gasteiger partial charge in [-0.1, -0.05) is 19.9 Å². The monoisotopic (exact) mass is 238 g/mol. The number of para-hydroxylation sites is 1. The first kappa shape index (κ1) is 11.1. The van der Waals surface area contributed by atoms with Crippen LogP contribution in [0.1, 0.15) is 25.6 Å². The van der Waals surface area contributed by atoms with Crippen molar-refractivity contribution in [3.8, 4) is 0 Å². The minimum atomic E-state index is -3.22. The lowest BCUT2D eigenvalue weighted by Crippen LogP contribution is -1.98. The average molecular weight is 238 g/mol. The maximum absolute atomic E-state index is 11.6. The van der Waals surface area contributed by atoms with E-state index >= 15 is 0 Å². The van der Waals surface area contributed by atoms with Gasteiger partial charge in [-0.25, -0.2) is 13.4 Å². The molecule has 0 spiro atoms. The molecule has 0 aliphatic carbocycles. The van der Waals surface area contributed by atoms with Crippen molar-refractivity contribution < 1.29 is 8.42 Å². The second-order valence-electron chi connectivity index (χ2n) is 4.20. The molecule has 86 valence electrons. The summed E-state index contributed by atoms with van der Waals surface area (Å²) in [4.78, 5) is 7.76. The molecule has 0 atom stereocenters. The zero-order valence-electron chi connectivity index (χ0n) is 9.48. The van der Waals surface area contributed by atoms with Crippen LogP contribution in [0.25, 0.3) is 11.0 Å². The molecule has 0 aliphatic rings. The van der Waals surface area contributed by atoms with Crippen LogP contribution < -0.4 is 0 Å². The molecule has 0 saturated carbocycles. The summed E-state index contributed by atoms with van der Waals surface area (Å²) in [6, 6.07) is 5.15. The molecule has 4 nitrogen and oxygen atoms in total. The number of H-pyrrole nitrogens is 1. The summed E-state index contributed by atoms with van der Waals surface area (Å²) in [5.41, 5.74) is 1.31. The third-order valence-electron chi connectivity index (χ3n) is 2.44. The van der Waals surface area contributed by atoms with Crippen molar-refractivity contribution in [1.82, 2.24) is 9.97 Å². The van der Waals surface area contributed by atoms with E-state index < -0.39 is 9.84 Å². The van der Waals surface area contributed by atoms with Gasteiger partial charge in [0.25, 0.3) is 0 Å². The van der Waals surface area contributed by atoms with Gasteiger partial charge in [0.05, 0.1) is 10.4 Å². The molecular formula is C11H14N2O2S. The zero-order valence-corrected chi connectivity index (χ0v) is 10.3. The summed E-state index contributed by atoms with van der Waals surface area (Å²) < 4.78 is 23.1. The first-order chi connectivity index (χ1) is 7.39. The fourth-order valence-corrected chi connectivity index (χ4v) is 2.43. The SMILES string of the molecule is CC(C)c1nc2c(S(C)(=O)=O)cccc2[nH]1. The Kier molecular flexibility index (Phi) is 2.50. The highest BCUT2D eigenvalue weighted by Gasteiger charge is 2.15. The van der Waals surface area contributed by atoms with Crippen molar-refractivity contribution in [3.05, 3.63) is 24.0 Å². The number of hydrogen-bond donors (Lipinski definition) is 1. The third kappa shape index (κ3) is 1.82. The predicted octanol–water partition coefficient (Wildman–Crippen LogP) is 2.09. The predicted molar refractivity (Wildman–Crippen MR) is 63.3 cm³/mol. The molecule has 1 N–H and O–H groups in total. The van der Waals surface area contributed by atoms with Crippen molar-refractivity contribution in [2.24, 2.45) is 0 Å². The van der Waals surface area contributed by atoms with Crippen LogP contribution in [-0.2, 0) is 9.84 Å². The standard InChI is InChI=1S/C11H14N2O2S/c1-7(2)11-12-8-5-4-6-9(10(8)13-11)16(3,14)15/h4-7H,1-3H3,(H,12,13). The number of hydrogen-bond acceptors (Lipinski definition) is 3. The lowest BCUT2D eigenvalue weighted by Gasteiger charge is -1.98. The Morgan fingerprint density at radius 1 is 1.31 bits per heavy atom. The largest absolute Gasteiger partial charge is 0.342 e. The number of nitrogens with one attached hydrogen (secondary N) is 1. The molecule has 1 aromatic heterocycles. The van der Waals surface area contributed by atoms with E-state index in [0.717, 1.165) is 11.3 Å². The number of aromatic amines is 1. The molecule has 0 amide bonds. The Bertz CT molecular complexity index is 626. The Labute approximate surface area is 94.6 Å². The van der Waals surface area contributed by atoms with Gasteiger partial charge in [0, 0.05) is 12.2 Å². The minimum Gasteiger partial charge on any atom is -0.342 e. The van der Waals surface area contributed by atoms with Crippen LogP contribution in [-0.4, -0.2) is 24.6 Å². The van der Waals surface area contributed by atoms with Gasteiger partial charge in [-0.2, -0.15) is 0 Å². The van der Waals surface area contributed by atoms with Crippen LogP contribution in [0, 0.1) is 0 Å². The molecule has 0 fully saturated rings. The molecule has 2 rings (SSSR count). The van der Waals surface area contributed by atoms with Crippen LogP contribution in [0.3, 0.4) is 0 Å². The van der Waals surface area contributed by atoms with Crippen molar-refractivity contribution in [1.29, 1.82) is 0 Å². The Morgan fingerprint density at radius 2 is 2.00 bits per heavy atom. The first-order valence-electron chi connectivity index (χ1n) is 5.08. The maximum atomic E-state index is 11.6. The number of aromatic nitrogens is 2. The van der Waals surface area contributed by atoms with Gasteiger partial charge in [-0.3, -0.25) is 0 Å². The van der Waals surface area contributed by atoms with Crippen LogP contribution in [0.5, 0.6) is 0 Å². The number of imidazole rings is 1. The molecule has 0 bridgehead atoms. The molecule has 16 heavy (non-hydrogen) atoms. The van der Waals surface area contributed by atoms with Gasteiger partial charge in [0.1, 0.15) is 11.3 Å². The molecule has 1 aromatic carbocycles. The normalized spacial score (nSPS) is 12.5. The van der Waals surface area contributed by atoms with Crippen LogP contribution >= 0.6 is 0 Å². The molecule has 0 unspecified atom stereocenters. The van der Waals surface area contributed by atoms with Gasteiger partial charge < -0.3 is 4.98 Å². The van der Waals surface area contributed by atoms with Crippen molar-refractivity contribution in [2.45, 2.75) is 24.7 Å². The Hall–Kier alpha value is -1.36. The summed E-state index contributed by atoms with van der Waals surface area (Å²) in [6.45, 7) is 4.02. The quantitative estimate of drug-likeness (QED) is 0.871. The number of nitrogens with zero attached hydrogens (tertiary/aromatic N) is 1. The second kappa shape index (κ2) is 3.59. The smallest absolute Gasteiger partial charge is 0.177 e. The van der Waals surface area contributed by atoms with Crippen LogP contribution in [0.4, 0.5) is 0 Å². The van der Waals surface area contributed by atoms with Crippen LogP contribution in [0.15, 0.2) is 23.1 Å². The number of rotatable bonds is 2. The van der Waals surface area contributed by atoms with E-state index in [1.165, 1.54) is 6.26 Å². The van der Waals surface area contributed by atoms with Gasteiger partial charge >= 0.3 is 0 Å². The van der Waals surface area contributed by atoms with Gasteiger partial charge in [-0.15, -0.1) is 0 Å². The Balaban J connectivity index is 2.78. The fraction of sp³-hybridized carbons (Fsp3) is 0.364. The summed E-state index contributed by atoms with van der Waals surface area (Å²) in [6.07, 6.45) is 1.20. The van der Waals surface area contributed by atoms with Gasteiger partial charge in [-0.05, 0) is 12.1 Å². The van der Waals surface area contributed by atoms with E-state index in [4.69, 9.17) is 0 Å². The van der Waals surface area contributed by atoms with Gasteiger partial charge in [0.2, 0.25) is 0 Å². The summed E-state index contributed by atoms with van der Waals surface area (Å²) in [5.74, 6) is 1.06. The van der Waals surface area contributed by atoms with E-state index in [1.807, 2.05) is 19.9 Å². The summed E-state index contributed by atoms with van der Waals surface area (Å²) in [7, 11) is -3.22. The lowest BCUT2D eigenvalue weighted by molar-refractivity contribution is 0.602. The van der Waals surface area contributed by atoms with E-state index in [0.29, 0.717) is 5.52 Å². The zero-order chi connectivity index (χ0) is 11.9. The van der Waals surface area contributed by atoms with E-state index in [2.05, 4.69) is 9.97 Å². The van der Waals surface area contributed by atoms with E-state index in [1.54, 1.807) is 12.1 Å². The highest BCUT2D eigenvalue weighted by Crippen LogP contribution is 2.23. The molecule has 0 saturated heterocycles.